The summed E-state index contributed by atoms with van der Waals surface area (Å²) in [7, 11) is 0. The Morgan fingerprint density at radius 1 is 1.50 bits per heavy atom. The first-order valence-electron chi connectivity index (χ1n) is 2.83. The van der Waals surface area contributed by atoms with Crippen LogP contribution in [0.25, 0.3) is 4.85 Å². The zero-order chi connectivity index (χ0) is 7.98. The topological polar surface area (TPSA) is 28.1 Å². The van der Waals surface area contributed by atoms with Gasteiger partial charge in [0.1, 0.15) is 0 Å². The fourth-order valence-corrected chi connectivity index (χ4v) is 0.320. The lowest BCUT2D eigenvalue weighted by molar-refractivity contribution is 1.43. The maximum atomic E-state index is 8.30. The Hall–Kier alpha value is -1.54. The highest BCUT2D eigenvalue weighted by Crippen LogP contribution is 1.96. The predicted molar refractivity (Wildman–Crippen MR) is 39.7 cm³/mol. The van der Waals surface area contributed by atoms with Crippen LogP contribution in [-0.2, 0) is 0 Å². The molecule has 0 aliphatic carbocycles. The highest BCUT2D eigenvalue weighted by atomic mass is 14.6. The summed E-state index contributed by atoms with van der Waals surface area (Å²) in [5.74, 6) is 0. The van der Waals surface area contributed by atoms with Gasteiger partial charge in [0.15, 0.2) is 5.70 Å². The van der Waals surface area contributed by atoms with Gasteiger partial charge in [-0.3, -0.25) is 0 Å². The molecule has 0 aromatic carbocycles. The van der Waals surface area contributed by atoms with Gasteiger partial charge < -0.3 is 0 Å². The maximum absolute atomic E-state index is 8.30. The molecule has 0 aliphatic rings. The number of nitriles is 1. The van der Waals surface area contributed by atoms with E-state index in [2.05, 4.69) is 4.85 Å². The second-order valence-electron chi connectivity index (χ2n) is 1.88. The standard InChI is InChI=1S/C8H8N2/c1-7(6-9)4-5-8(2)10-3/h4-5H,1-2H3. The van der Waals surface area contributed by atoms with Crippen LogP contribution in [0.5, 0.6) is 0 Å². The fraction of sp³-hybridized carbons (Fsp3) is 0.250. The summed E-state index contributed by atoms with van der Waals surface area (Å²) < 4.78 is 0. The van der Waals surface area contributed by atoms with Crippen LogP contribution >= 0.6 is 0 Å². The molecule has 0 unspecified atom stereocenters. The molecule has 0 aliphatic heterocycles. The van der Waals surface area contributed by atoms with Crippen LogP contribution in [0.4, 0.5) is 0 Å². The SMILES string of the molecule is [C-]#[N+]C(C)=CC=C(C)C#N. The van der Waals surface area contributed by atoms with E-state index in [0.29, 0.717) is 11.3 Å². The molecule has 0 saturated heterocycles. The minimum Gasteiger partial charge on any atom is -0.243 e. The fourth-order valence-electron chi connectivity index (χ4n) is 0.320. The van der Waals surface area contributed by atoms with E-state index in [0.717, 1.165) is 0 Å². The van der Waals surface area contributed by atoms with Crippen molar-refractivity contribution in [1.29, 1.82) is 5.26 Å². The minimum absolute atomic E-state index is 0.592. The number of rotatable bonds is 1. The van der Waals surface area contributed by atoms with Crippen LogP contribution in [0.2, 0.25) is 0 Å². The van der Waals surface area contributed by atoms with E-state index in [1.54, 1.807) is 26.0 Å². The Morgan fingerprint density at radius 2 is 2.10 bits per heavy atom. The zero-order valence-electron chi connectivity index (χ0n) is 6.05. The van der Waals surface area contributed by atoms with Gasteiger partial charge in [0.25, 0.3) is 0 Å². The van der Waals surface area contributed by atoms with Crippen LogP contribution in [0.3, 0.4) is 0 Å². The van der Waals surface area contributed by atoms with E-state index in [9.17, 15) is 0 Å². The van der Waals surface area contributed by atoms with Crippen molar-refractivity contribution in [2.24, 2.45) is 0 Å². The Kier molecular flexibility index (Phi) is 3.68. The second kappa shape index (κ2) is 4.35. The van der Waals surface area contributed by atoms with Gasteiger partial charge in [0.2, 0.25) is 0 Å². The van der Waals surface area contributed by atoms with Crippen molar-refractivity contribution in [3.8, 4) is 6.07 Å². The van der Waals surface area contributed by atoms with Crippen LogP contribution in [0, 0.1) is 17.9 Å². The number of nitrogens with zero attached hydrogens (tertiary/aromatic N) is 2. The molecule has 0 atom stereocenters. The first-order chi connectivity index (χ1) is 4.70. The molecule has 2 heteroatoms. The van der Waals surface area contributed by atoms with E-state index in [-0.39, 0.29) is 0 Å². The molecule has 0 bridgehead atoms. The highest BCUT2D eigenvalue weighted by molar-refractivity contribution is 5.26. The van der Waals surface area contributed by atoms with Gasteiger partial charge in [-0.15, -0.1) is 0 Å². The average Bonchev–Trinajstić information content (AvgIpc) is 1.99. The molecule has 0 saturated carbocycles. The number of hydrogen-bond donors (Lipinski definition) is 0. The van der Waals surface area contributed by atoms with E-state index >= 15 is 0 Å². The Balaban J connectivity index is 4.25. The first-order valence-corrected chi connectivity index (χ1v) is 2.83. The van der Waals surface area contributed by atoms with Crippen molar-refractivity contribution in [3.63, 3.8) is 0 Å². The van der Waals surface area contributed by atoms with Gasteiger partial charge in [-0.1, -0.05) is 12.2 Å². The molecule has 0 spiro atoms. The largest absolute Gasteiger partial charge is 0.243 e. The Bertz CT molecular complexity index is 217. The van der Waals surface area contributed by atoms with Crippen molar-refractivity contribution >= 4 is 0 Å². The second-order valence-corrected chi connectivity index (χ2v) is 1.88. The third kappa shape index (κ3) is 3.46. The van der Waals surface area contributed by atoms with Gasteiger partial charge in [-0.05, 0) is 13.8 Å². The summed E-state index contributed by atoms with van der Waals surface area (Å²) >= 11 is 0. The molecule has 0 N–H and O–H groups in total. The Labute approximate surface area is 60.9 Å². The van der Waals surface area contributed by atoms with Crippen LogP contribution in [0.1, 0.15) is 13.8 Å². The summed E-state index contributed by atoms with van der Waals surface area (Å²) in [6, 6.07) is 1.96. The quantitative estimate of drug-likeness (QED) is 0.305. The van der Waals surface area contributed by atoms with E-state index in [4.69, 9.17) is 11.8 Å². The van der Waals surface area contributed by atoms with Gasteiger partial charge in [-0.2, -0.15) is 5.26 Å². The maximum Gasteiger partial charge on any atom is 0.162 e. The summed E-state index contributed by atoms with van der Waals surface area (Å²) in [6.07, 6.45) is 3.26. The highest BCUT2D eigenvalue weighted by Gasteiger charge is 1.81. The molecule has 0 amide bonds. The van der Waals surface area contributed by atoms with Crippen molar-refractivity contribution < 1.29 is 0 Å². The first kappa shape index (κ1) is 8.46. The van der Waals surface area contributed by atoms with Gasteiger partial charge in [0.05, 0.1) is 12.6 Å². The molecule has 50 valence electrons. The number of hydrogen-bond acceptors (Lipinski definition) is 1. The zero-order valence-corrected chi connectivity index (χ0v) is 6.05. The summed E-state index contributed by atoms with van der Waals surface area (Å²) in [5.41, 5.74) is 1.21. The van der Waals surface area contributed by atoms with Gasteiger partial charge >= 0.3 is 0 Å². The summed E-state index contributed by atoms with van der Waals surface area (Å²) in [5, 5.41) is 8.30. The summed E-state index contributed by atoms with van der Waals surface area (Å²) in [4.78, 5) is 3.15. The van der Waals surface area contributed by atoms with Crippen molar-refractivity contribution in [1.82, 2.24) is 0 Å². The van der Waals surface area contributed by atoms with Crippen molar-refractivity contribution in [2.75, 3.05) is 0 Å². The lowest BCUT2D eigenvalue weighted by atomic mass is 10.3. The van der Waals surface area contributed by atoms with Gasteiger partial charge in [-0.25, -0.2) is 4.85 Å². The smallest absolute Gasteiger partial charge is 0.162 e. The molecule has 10 heavy (non-hydrogen) atoms. The normalized spacial score (nSPS) is 12.0. The third-order valence-electron chi connectivity index (χ3n) is 0.927. The van der Waals surface area contributed by atoms with Crippen LogP contribution < -0.4 is 0 Å². The van der Waals surface area contributed by atoms with Gasteiger partial charge in [0, 0.05) is 5.57 Å². The molecule has 0 fully saturated rings. The van der Waals surface area contributed by atoms with E-state index in [1.165, 1.54) is 0 Å². The minimum atomic E-state index is 0.592. The van der Waals surface area contributed by atoms with E-state index < -0.39 is 0 Å². The van der Waals surface area contributed by atoms with Crippen molar-refractivity contribution in [3.05, 3.63) is 34.8 Å². The molecular weight excluding hydrogens is 124 g/mol. The van der Waals surface area contributed by atoms with E-state index in [1.807, 2.05) is 6.07 Å². The Morgan fingerprint density at radius 3 is 2.50 bits per heavy atom. The predicted octanol–water partition coefficient (Wildman–Crippen LogP) is 2.28. The lowest BCUT2D eigenvalue weighted by Gasteiger charge is -1.80. The molecular formula is C8H8N2. The molecule has 0 heterocycles. The molecule has 0 rings (SSSR count). The molecule has 2 nitrogen and oxygen atoms in total. The lowest BCUT2D eigenvalue weighted by Crippen LogP contribution is -1.65. The molecule has 0 aromatic heterocycles. The van der Waals surface area contributed by atoms with Crippen LogP contribution in [-0.4, -0.2) is 0 Å². The average molecular weight is 132 g/mol. The summed E-state index contributed by atoms with van der Waals surface area (Å²) in [6.45, 7) is 9.96. The van der Waals surface area contributed by atoms with Crippen LogP contribution in [0.15, 0.2) is 23.4 Å². The molecule has 0 radical (unpaired) electrons. The third-order valence-corrected chi connectivity index (χ3v) is 0.927. The monoisotopic (exact) mass is 132 g/mol. The molecule has 0 aromatic rings. The number of allylic oxidation sites excluding steroid dienone is 4. The van der Waals surface area contributed by atoms with Crippen molar-refractivity contribution in [2.45, 2.75) is 13.8 Å².